The van der Waals surface area contributed by atoms with Crippen LogP contribution in [0.25, 0.3) is 0 Å². The second kappa shape index (κ2) is 18.9. The molecule has 4 unspecified atom stereocenters. The van der Waals surface area contributed by atoms with Crippen LogP contribution in [0.1, 0.15) is 64.2 Å². The largest absolute Gasteiger partial charge is 0.481 e. The number of aliphatic carboxylic acids is 3. The second-order valence-electron chi connectivity index (χ2n) is 8.56. The Labute approximate surface area is 214 Å². The van der Waals surface area contributed by atoms with Gasteiger partial charge in [0.2, 0.25) is 17.7 Å². The van der Waals surface area contributed by atoms with E-state index in [0.29, 0.717) is 38.8 Å². The SMILES string of the molecule is NCCCCC(NC(=O)C(CCCCN)NC(=O)C(CCC(=O)O)NC(=O)C(N)CCC(=O)O)C(=O)O. The average molecular weight is 533 g/mol. The summed E-state index contributed by atoms with van der Waals surface area (Å²) >= 11 is 0. The summed E-state index contributed by atoms with van der Waals surface area (Å²) in [6.07, 6.45) is 0.803. The number of rotatable bonds is 21. The lowest BCUT2D eigenvalue weighted by Crippen LogP contribution is -2.57. The zero-order valence-corrected chi connectivity index (χ0v) is 20.8. The summed E-state index contributed by atoms with van der Waals surface area (Å²) in [6.45, 7) is 0.687. The second-order valence-corrected chi connectivity index (χ2v) is 8.56. The van der Waals surface area contributed by atoms with Crippen molar-refractivity contribution < 1.29 is 44.1 Å². The Morgan fingerprint density at radius 3 is 1.43 bits per heavy atom. The molecule has 0 radical (unpaired) electrons. The number of hydrogen-bond acceptors (Lipinski definition) is 9. The molecule has 0 bridgehead atoms. The Kier molecular flexibility index (Phi) is 17.2. The van der Waals surface area contributed by atoms with Gasteiger partial charge in [-0.25, -0.2) is 4.79 Å². The number of unbranched alkanes of at least 4 members (excludes halogenated alkanes) is 2. The molecule has 0 heterocycles. The lowest BCUT2D eigenvalue weighted by Gasteiger charge is -2.25. The van der Waals surface area contributed by atoms with Crippen LogP contribution in [-0.2, 0) is 28.8 Å². The molecule has 15 nitrogen and oxygen atoms in total. The summed E-state index contributed by atoms with van der Waals surface area (Å²) in [4.78, 5) is 71.6. The summed E-state index contributed by atoms with van der Waals surface area (Å²) in [7, 11) is 0. The Morgan fingerprint density at radius 1 is 0.568 bits per heavy atom. The van der Waals surface area contributed by atoms with Gasteiger partial charge in [0.25, 0.3) is 0 Å². The first-order valence-electron chi connectivity index (χ1n) is 12.2. The van der Waals surface area contributed by atoms with Crippen LogP contribution in [0.4, 0.5) is 0 Å². The van der Waals surface area contributed by atoms with E-state index in [-0.39, 0.29) is 32.1 Å². The normalized spacial score (nSPS) is 14.0. The lowest BCUT2D eigenvalue weighted by atomic mass is 10.0. The summed E-state index contributed by atoms with van der Waals surface area (Å²) in [5.41, 5.74) is 16.6. The fourth-order valence-electron chi connectivity index (χ4n) is 3.28. The molecule has 0 aliphatic rings. The van der Waals surface area contributed by atoms with Crippen molar-refractivity contribution in [2.75, 3.05) is 13.1 Å². The van der Waals surface area contributed by atoms with Crippen molar-refractivity contribution in [3.63, 3.8) is 0 Å². The molecule has 3 amide bonds. The molecule has 0 aliphatic carbocycles. The van der Waals surface area contributed by atoms with Gasteiger partial charge in [-0.05, 0) is 64.5 Å². The number of amides is 3. The van der Waals surface area contributed by atoms with Crippen molar-refractivity contribution in [3.05, 3.63) is 0 Å². The van der Waals surface area contributed by atoms with Crippen molar-refractivity contribution in [1.82, 2.24) is 16.0 Å². The summed E-state index contributed by atoms with van der Waals surface area (Å²) in [6, 6.07) is -5.03. The van der Waals surface area contributed by atoms with E-state index in [1.54, 1.807) is 0 Å². The molecule has 37 heavy (non-hydrogen) atoms. The number of carbonyl (C=O) groups is 6. The highest BCUT2D eigenvalue weighted by Crippen LogP contribution is 2.07. The van der Waals surface area contributed by atoms with E-state index < -0.39 is 66.2 Å². The zero-order valence-electron chi connectivity index (χ0n) is 20.8. The third kappa shape index (κ3) is 15.4. The van der Waals surface area contributed by atoms with Gasteiger partial charge in [0.1, 0.15) is 18.1 Å². The molecule has 0 aromatic rings. The minimum Gasteiger partial charge on any atom is -0.481 e. The van der Waals surface area contributed by atoms with Gasteiger partial charge in [-0.15, -0.1) is 0 Å². The predicted molar refractivity (Wildman–Crippen MR) is 131 cm³/mol. The fraction of sp³-hybridized carbons (Fsp3) is 0.727. The molecular formula is C22H40N6O9. The number of hydrogen-bond donors (Lipinski definition) is 9. The van der Waals surface area contributed by atoms with Gasteiger partial charge in [0.05, 0.1) is 6.04 Å². The van der Waals surface area contributed by atoms with Gasteiger partial charge >= 0.3 is 17.9 Å². The molecule has 0 rings (SSSR count). The fourth-order valence-corrected chi connectivity index (χ4v) is 3.28. The number of carboxylic acid groups (broad SMARTS) is 3. The molecule has 0 aliphatic heterocycles. The zero-order chi connectivity index (χ0) is 28.4. The Bertz CT molecular complexity index is 780. The first-order chi connectivity index (χ1) is 17.4. The third-order valence-electron chi connectivity index (χ3n) is 5.43. The van der Waals surface area contributed by atoms with E-state index in [1.807, 2.05) is 0 Å². The molecule has 15 heteroatoms. The van der Waals surface area contributed by atoms with E-state index in [1.165, 1.54) is 0 Å². The van der Waals surface area contributed by atoms with Crippen molar-refractivity contribution in [2.45, 2.75) is 88.4 Å². The van der Waals surface area contributed by atoms with Gasteiger partial charge in [0, 0.05) is 12.8 Å². The summed E-state index contributed by atoms with van der Waals surface area (Å²) in [5, 5.41) is 34.4. The van der Waals surface area contributed by atoms with Gasteiger partial charge in [-0.3, -0.25) is 24.0 Å². The Balaban J connectivity index is 5.53. The predicted octanol–water partition coefficient (Wildman–Crippen LogP) is -2.16. The number of carbonyl (C=O) groups excluding carboxylic acids is 3. The van der Waals surface area contributed by atoms with Crippen LogP contribution in [-0.4, -0.2) is 88.2 Å². The molecule has 12 N–H and O–H groups in total. The van der Waals surface area contributed by atoms with Crippen LogP contribution < -0.4 is 33.2 Å². The maximum Gasteiger partial charge on any atom is 0.326 e. The molecule has 0 aromatic heterocycles. The molecule has 4 atom stereocenters. The van der Waals surface area contributed by atoms with Crippen molar-refractivity contribution in [2.24, 2.45) is 17.2 Å². The number of nitrogens with one attached hydrogen (secondary N) is 3. The van der Waals surface area contributed by atoms with Crippen LogP contribution in [0.2, 0.25) is 0 Å². The maximum atomic E-state index is 13.0. The van der Waals surface area contributed by atoms with Crippen LogP contribution in [0.5, 0.6) is 0 Å². The van der Waals surface area contributed by atoms with Crippen LogP contribution in [0.3, 0.4) is 0 Å². The van der Waals surface area contributed by atoms with Crippen LogP contribution >= 0.6 is 0 Å². The molecule has 0 aromatic carbocycles. The number of carboxylic acids is 3. The molecule has 0 saturated heterocycles. The van der Waals surface area contributed by atoms with E-state index in [2.05, 4.69) is 16.0 Å². The summed E-state index contributed by atoms with van der Waals surface area (Å²) in [5.74, 6) is -6.14. The van der Waals surface area contributed by atoms with Crippen molar-refractivity contribution >= 4 is 35.6 Å². The molecule has 0 fully saturated rings. The quantitative estimate of drug-likeness (QED) is 0.0715. The minimum absolute atomic E-state index is 0.113. The third-order valence-corrected chi connectivity index (χ3v) is 5.43. The van der Waals surface area contributed by atoms with Gasteiger partial charge in [-0.2, -0.15) is 0 Å². The average Bonchev–Trinajstić information content (AvgIpc) is 2.83. The van der Waals surface area contributed by atoms with Gasteiger partial charge in [0.15, 0.2) is 0 Å². The smallest absolute Gasteiger partial charge is 0.326 e. The monoisotopic (exact) mass is 532 g/mol. The van der Waals surface area contributed by atoms with Crippen molar-refractivity contribution in [3.8, 4) is 0 Å². The Morgan fingerprint density at radius 2 is 0.973 bits per heavy atom. The van der Waals surface area contributed by atoms with Crippen LogP contribution in [0.15, 0.2) is 0 Å². The topological polar surface area (TPSA) is 277 Å². The molecule has 0 saturated carbocycles. The lowest BCUT2D eigenvalue weighted by molar-refractivity contribution is -0.142. The van der Waals surface area contributed by atoms with E-state index in [4.69, 9.17) is 27.4 Å². The standard InChI is InChI=1S/C22H40N6O9/c23-11-3-1-5-14(20(34)28-16(22(36)37)6-2-4-12-24)27-21(35)15(8-10-18(31)32)26-19(33)13(25)7-9-17(29)30/h13-16H,1-12,23-25H2,(H,26,33)(H,27,35)(H,28,34)(H,29,30)(H,31,32)(H,36,37). The van der Waals surface area contributed by atoms with Crippen molar-refractivity contribution in [1.29, 1.82) is 0 Å². The first kappa shape index (κ1) is 33.7. The first-order valence-corrected chi connectivity index (χ1v) is 12.2. The van der Waals surface area contributed by atoms with Gasteiger partial charge in [-0.1, -0.05) is 0 Å². The van der Waals surface area contributed by atoms with E-state index in [0.717, 1.165) is 0 Å². The van der Waals surface area contributed by atoms with E-state index >= 15 is 0 Å². The highest BCUT2D eigenvalue weighted by molar-refractivity contribution is 5.94. The van der Waals surface area contributed by atoms with E-state index in [9.17, 15) is 33.9 Å². The van der Waals surface area contributed by atoms with Gasteiger partial charge < -0.3 is 48.5 Å². The molecular weight excluding hydrogens is 492 g/mol. The molecule has 212 valence electrons. The minimum atomic E-state index is -1.39. The van der Waals surface area contributed by atoms with Crippen LogP contribution in [0, 0.1) is 0 Å². The summed E-state index contributed by atoms with van der Waals surface area (Å²) < 4.78 is 0. The maximum absolute atomic E-state index is 13.0. The Hall–Kier alpha value is -3.30. The molecule has 0 spiro atoms. The number of nitrogens with two attached hydrogens (primary N) is 3. The highest BCUT2D eigenvalue weighted by Gasteiger charge is 2.30. The highest BCUT2D eigenvalue weighted by atomic mass is 16.4.